The number of halogens is 2. The van der Waals surface area contributed by atoms with Gasteiger partial charge in [-0.25, -0.2) is 4.39 Å². The van der Waals surface area contributed by atoms with Gasteiger partial charge in [0.05, 0.1) is 18.2 Å². The molecule has 5 heteroatoms. The molecule has 1 unspecified atom stereocenters. The van der Waals surface area contributed by atoms with Crippen LogP contribution in [0.5, 0.6) is 5.75 Å². The van der Waals surface area contributed by atoms with E-state index < -0.39 is 0 Å². The molecule has 1 aliphatic rings. The summed E-state index contributed by atoms with van der Waals surface area (Å²) >= 11 is 3.43. The molecule has 0 fully saturated rings. The van der Waals surface area contributed by atoms with Crippen LogP contribution in [0.4, 0.5) is 10.1 Å². The molecule has 2 aromatic rings. The van der Waals surface area contributed by atoms with Crippen LogP contribution < -0.4 is 10.1 Å². The molecule has 0 aliphatic carbocycles. The lowest BCUT2D eigenvalue weighted by molar-refractivity contribution is 0.246. The number of fused-ring (bicyclic) bond motifs is 1. The number of hydrogen-bond acceptors (Lipinski definition) is 3. The Kier molecular flexibility index (Phi) is 3.80. The Bertz CT molecular complexity index is 727. The molecule has 1 heterocycles. The summed E-state index contributed by atoms with van der Waals surface area (Å²) in [7, 11) is 0. The first-order valence-corrected chi connectivity index (χ1v) is 7.33. The molecule has 0 amide bonds. The first-order valence-electron chi connectivity index (χ1n) is 6.54. The van der Waals surface area contributed by atoms with Gasteiger partial charge in [0.15, 0.2) is 0 Å². The maximum atomic E-state index is 13.2. The lowest BCUT2D eigenvalue weighted by Crippen LogP contribution is -2.24. The van der Waals surface area contributed by atoms with E-state index in [1.165, 1.54) is 12.1 Å². The normalized spacial score (nSPS) is 16.0. The number of anilines is 1. The van der Waals surface area contributed by atoms with Crippen molar-refractivity contribution in [3.8, 4) is 11.8 Å². The Hall–Kier alpha value is -2.06. The Morgan fingerprint density at radius 3 is 2.95 bits per heavy atom. The van der Waals surface area contributed by atoms with Crippen LogP contribution in [-0.2, 0) is 6.42 Å². The van der Waals surface area contributed by atoms with Gasteiger partial charge in [0.25, 0.3) is 0 Å². The number of hydrogen-bond donors (Lipinski definition) is 1. The molecule has 106 valence electrons. The van der Waals surface area contributed by atoms with Crippen molar-refractivity contribution in [1.29, 1.82) is 5.26 Å². The van der Waals surface area contributed by atoms with Crippen LogP contribution in [-0.4, -0.2) is 12.6 Å². The molecule has 1 atom stereocenters. The molecule has 0 aromatic heterocycles. The smallest absolute Gasteiger partial charge is 0.123 e. The van der Waals surface area contributed by atoms with Crippen LogP contribution in [0.2, 0.25) is 0 Å². The standard InChI is InChI=1S/C16H12BrFN2O/c17-14-5-10(8-19)1-3-15(14)20-9-13-7-11-6-12(18)2-4-16(11)21-13/h1-6,13,20H,7,9H2. The maximum Gasteiger partial charge on any atom is 0.123 e. The number of benzene rings is 2. The summed E-state index contributed by atoms with van der Waals surface area (Å²) in [5.74, 6) is 0.517. The summed E-state index contributed by atoms with van der Waals surface area (Å²) in [6.07, 6.45) is 0.665. The summed E-state index contributed by atoms with van der Waals surface area (Å²) in [6, 6.07) is 12.1. The molecule has 1 N–H and O–H groups in total. The van der Waals surface area contributed by atoms with E-state index in [1.807, 2.05) is 6.07 Å². The van der Waals surface area contributed by atoms with Crippen LogP contribution in [0, 0.1) is 17.1 Å². The van der Waals surface area contributed by atoms with E-state index >= 15 is 0 Å². The van der Waals surface area contributed by atoms with E-state index in [1.54, 1.807) is 18.2 Å². The van der Waals surface area contributed by atoms with Crippen LogP contribution in [0.3, 0.4) is 0 Å². The van der Waals surface area contributed by atoms with Gasteiger partial charge in [0, 0.05) is 22.1 Å². The molecular formula is C16H12BrFN2O. The summed E-state index contributed by atoms with van der Waals surface area (Å²) < 4.78 is 19.8. The summed E-state index contributed by atoms with van der Waals surface area (Å²) in [6.45, 7) is 0.612. The largest absolute Gasteiger partial charge is 0.488 e. The molecular weight excluding hydrogens is 335 g/mol. The predicted molar refractivity (Wildman–Crippen MR) is 81.9 cm³/mol. The van der Waals surface area contributed by atoms with Crippen molar-refractivity contribution in [3.63, 3.8) is 0 Å². The SMILES string of the molecule is N#Cc1ccc(NCC2Cc3cc(F)ccc3O2)c(Br)c1. The highest BCUT2D eigenvalue weighted by Gasteiger charge is 2.23. The van der Waals surface area contributed by atoms with Gasteiger partial charge in [-0.05, 0) is 52.3 Å². The maximum absolute atomic E-state index is 13.2. The van der Waals surface area contributed by atoms with Crippen molar-refractivity contribution in [2.24, 2.45) is 0 Å². The van der Waals surface area contributed by atoms with Crippen molar-refractivity contribution in [3.05, 3.63) is 57.8 Å². The Morgan fingerprint density at radius 2 is 2.19 bits per heavy atom. The zero-order chi connectivity index (χ0) is 14.8. The van der Waals surface area contributed by atoms with E-state index in [-0.39, 0.29) is 11.9 Å². The lowest BCUT2D eigenvalue weighted by atomic mass is 10.1. The fourth-order valence-corrected chi connectivity index (χ4v) is 2.87. The molecule has 3 nitrogen and oxygen atoms in total. The number of ether oxygens (including phenoxy) is 1. The van der Waals surface area contributed by atoms with Crippen LogP contribution in [0.1, 0.15) is 11.1 Å². The summed E-state index contributed by atoms with van der Waals surface area (Å²) in [4.78, 5) is 0. The number of nitrogens with zero attached hydrogens (tertiary/aromatic N) is 1. The molecule has 0 spiro atoms. The van der Waals surface area contributed by atoms with E-state index in [4.69, 9.17) is 10.00 Å². The van der Waals surface area contributed by atoms with Crippen molar-refractivity contribution < 1.29 is 9.13 Å². The molecule has 3 rings (SSSR count). The first kappa shape index (κ1) is 13.9. The van der Waals surface area contributed by atoms with Gasteiger partial charge < -0.3 is 10.1 Å². The van der Waals surface area contributed by atoms with E-state index in [0.29, 0.717) is 18.5 Å². The van der Waals surface area contributed by atoms with Gasteiger partial charge in [-0.1, -0.05) is 0 Å². The van der Waals surface area contributed by atoms with E-state index in [9.17, 15) is 4.39 Å². The molecule has 0 radical (unpaired) electrons. The molecule has 21 heavy (non-hydrogen) atoms. The highest BCUT2D eigenvalue weighted by molar-refractivity contribution is 9.10. The predicted octanol–water partition coefficient (Wildman–Crippen LogP) is 3.88. The van der Waals surface area contributed by atoms with Crippen LogP contribution >= 0.6 is 15.9 Å². The minimum Gasteiger partial charge on any atom is -0.488 e. The van der Waals surface area contributed by atoms with Crippen molar-refractivity contribution >= 4 is 21.6 Å². The topological polar surface area (TPSA) is 45.0 Å². The van der Waals surface area contributed by atoms with Crippen LogP contribution in [0.15, 0.2) is 40.9 Å². The second kappa shape index (κ2) is 5.74. The van der Waals surface area contributed by atoms with E-state index in [0.717, 1.165) is 21.5 Å². The average molecular weight is 347 g/mol. The van der Waals surface area contributed by atoms with Crippen molar-refractivity contribution in [1.82, 2.24) is 0 Å². The number of nitriles is 1. The van der Waals surface area contributed by atoms with Crippen molar-refractivity contribution in [2.75, 3.05) is 11.9 Å². The summed E-state index contributed by atoms with van der Waals surface area (Å²) in [5.41, 5.74) is 2.41. The van der Waals surface area contributed by atoms with Gasteiger partial charge >= 0.3 is 0 Å². The molecule has 0 bridgehead atoms. The number of nitrogens with one attached hydrogen (secondary N) is 1. The Morgan fingerprint density at radius 1 is 1.33 bits per heavy atom. The second-order valence-electron chi connectivity index (χ2n) is 4.88. The Balaban J connectivity index is 1.64. The Labute approximate surface area is 130 Å². The number of rotatable bonds is 3. The fraction of sp³-hybridized carbons (Fsp3) is 0.188. The third-order valence-electron chi connectivity index (χ3n) is 3.38. The van der Waals surface area contributed by atoms with E-state index in [2.05, 4.69) is 27.3 Å². The third kappa shape index (κ3) is 3.01. The summed E-state index contributed by atoms with van der Waals surface area (Å²) in [5, 5.41) is 12.1. The van der Waals surface area contributed by atoms with Crippen LogP contribution in [0.25, 0.3) is 0 Å². The highest BCUT2D eigenvalue weighted by Crippen LogP contribution is 2.30. The molecule has 0 saturated carbocycles. The highest BCUT2D eigenvalue weighted by atomic mass is 79.9. The monoisotopic (exact) mass is 346 g/mol. The minimum absolute atomic E-state index is 0.0238. The van der Waals surface area contributed by atoms with Gasteiger partial charge in [-0.3, -0.25) is 0 Å². The average Bonchev–Trinajstić information content (AvgIpc) is 2.87. The lowest BCUT2D eigenvalue weighted by Gasteiger charge is -2.14. The van der Waals surface area contributed by atoms with Gasteiger partial charge in [0.2, 0.25) is 0 Å². The van der Waals surface area contributed by atoms with Gasteiger partial charge in [0.1, 0.15) is 17.7 Å². The molecule has 1 aliphatic heterocycles. The quantitative estimate of drug-likeness (QED) is 0.917. The zero-order valence-corrected chi connectivity index (χ0v) is 12.7. The first-order chi connectivity index (χ1) is 10.2. The third-order valence-corrected chi connectivity index (χ3v) is 4.04. The minimum atomic E-state index is -0.235. The molecule has 2 aromatic carbocycles. The fourth-order valence-electron chi connectivity index (χ4n) is 2.35. The van der Waals surface area contributed by atoms with Crippen molar-refractivity contribution in [2.45, 2.75) is 12.5 Å². The van der Waals surface area contributed by atoms with Gasteiger partial charge in [-0.15, -0.1) is 0 Å². The second-order valence-corrected chi connectivity index (χ2v) is 5.74. The zero-order valence-electron chi connectivity index (χ0n) is 11.1. The molecule has 0 saturated heterocycles. The van der Waals surface area contributed by atoms with Gasteiger partial charge in [-0.2, -0.15) is 5.26 Å².